The van der Waals surface area contributed by atoms with E-state index in [0.717, 1.165) is 30.2 Å². The first-order chi connectivity index (χ1) is 9.25. The number of hydrogen-bond acceptors (Lipinski definition) is 3. The van der Waals surface area contributed by atoms with Gasteiger partial charge in [0.05, 0.1) is 13.2 Å². The summed E-state index contributed by atoms with van der Waals surface area (Å²) in [4.78, 5) is 13.6. The van der Waals surface area contributed by atoms with Crippen molar-refractivity contribution in [3.63, 3.8) is 0 Å². The molecule has 5 heteroatoms. The molecule has 0 aliphatic carbocycles. The average molecular weight is 283 g/mol. The van der Waals surface area contributed by atoms with Crippen LogP contribution in [0.2, 0.25) is 5.02 Å². The van der Waals surface area contributed by atoms with Crippen molar-refractivity contribution in [3.8, 4) is 0 Å². The van der Waals surface area contributed by atoms with E-state index in [1.165, 1.54) is 0 Å². The highest BCUT2D eigenvalue weighted by Crippen LogP contribution is 2.10. The lowest BCUT2D eigenvalue weighted by molar-refractivity contribution is -0.131. The summed E-state index contributed by atoms with van der Waals surface area (Å²) in [6, 6.07) is 7.60. The van der Waals surface area contributed by atoms with Crippen molar-refractivity contribution >= 4 is 17.5 Å². The second-order valence-corrected chi connectivity index (χ2v) is 5.00. The summed E-state index contributed by atoms with van der Waals surface area (Å²) in [5.74, 6) is 0.208. The Morgan fingerprint density at radius 2 is 2.05 bits per heavy atom. The van der Waals surface area contributed by atoms with Crippen LogP contribution >= 0.6 is 11.6 Å². The lowest BCUT2D eigenvalue weighted by Gasteiger charge is -2.19. The number of amides is 1. The van der Waals surface area contributed by atoms with Gasteiger partial charge in [0.1, 0.15) is 0 Å². The zero-order valence-electron chi connectivity index (χ0n) is 10.9. The van der Waals surface area contributed by atoms with E-state index >= 15 is 0 Å². The molecule has 0 saturated carbocycles. The van der Waals surface area contributed by atoms with Gasteiger partial charge in [0.2, 0.25) is 5.91 Å². The van der Waals surface area contributed by atoms with E-state index < -0.39 is 0 Å². The first kappa shape index (κ1) is 14.3. The van der Waals surface area contributed by atoms with E-state index in [2.05, 4.69) is 5.32 Å². The van der Waals surface area contributed by atoms with Crippen molar-refractivity contribution in [3.05, 3.63) is 34.9 Å². The van der Waals surface area contributed by atoms with Crippen molar-refractivity contribution < 1.29 is 9.53 Å². The third-order valence-electron chi connectivity index (χ3n) is 3.11. The van der Waals surface area contributed by atoms with Gasteiger partial charge in [-0.2, -0.15) is 0 Å². The summed E-state index contributed by atoms with van der Waals surface area (Å²) in [5.41, 5.74) is 1.09. The smallest absolute Gasteiger partial charge is 0.223 e. The third-order valence-corrected chi connectivity index (χ3v) is 3.37. The van der Waals surface area contributed by atoms with Gasteiger partial charge >= 0.3 is 0 Å². The molecule has 2 rings (SSSR count). The molecule has 1 amide bonds. The molecule has 4 nitrogen and oxygen atoms in total. The van der Waals surface area contributed by atoms with Crippen LogP contribution in [0.5, 0.6) is 0 Å². The zero-order chi connectivity index (χ0) is 13.5. The SMILES string of the molecule is O=C1CCNCCN1CCOCc1ccc(Cl)cc1. The maximum Gasteiger partial charge on any atom is 0.223 e. The molecule has 1 aliphatic heterocycles. The highest BCUT2D eigenvalue weighted by Gasteiger charge is 2.15. The first-order valence-electron chi connectivity index (χ1n) is 6.56. The first-order valence-corrected chi connectivity index (χ1v) is 6.94. The van der Waals surface area contributed by atoms with Gasteiger partial charge in [-0.1, -0.05) is 23.7 Å². The van der Waals surface area contributed by atoms with Crippen LogP contribution in [-0.2, 0) is 16.1 Å². The van der Waals surface area contributed by atoms with Gasteiger partial charge in [-0.15, -0.1) is 0 Å². The van der Waals surface area contributed by atoms with E-state index in [1.54, 1.807) is 0 Å². The molecule has 0 aromatic heterocycles. The van der Waals surface area contributed by atoms with Gasteiger partial charge in [-0.3, -0.25) is 4.79 Å². The number of carbonyl (C=O) groups is 1. The average Bonchev–Trinajstić information content (AvgIpc) is 2.62. The summed E-state index contributed by atoms with van der Waals surface area (Å²) in [6.07, 6.45) is 0.581. The number of rotatable bonds is 5. The predicted octanol–water partition coefficient (Wildman–Crippen LogP) is 1.68. The van der Waals surface area contributed by atoms with Crippen LogP contribution in [0.1, 0.15) is 12.0 Å². The maximum atomic E-state index is 11.7. The van der Waals surface area contributed by atoms with Crippen molar-refractivity contribution in [1.29, 1.82) is 0 Å². The molecule has 1 aliphatic rings. The fraction of sp³-hybridized carbons (Fsp3) is 0.500. The Labute approximate surface area is 118 Å². The summed E-state index contributed by atoms with van der Waals surface area (Å²) >= 11 is 5.82. The number of nitrogens with zero attached hydrogens (tertiary/aromatic N) is 1. The van der Waals surface area contributed by atoms with Crippen molar-refractivity contribution in [2.75, 3.05) is 32.8 Å². The van der Waals surface area contributed by atoms with Crippen LogP contribution in [0.4, 0.5) is 0 Å². The number of nitrogens with one attached hydrogen (secondary N) is 1. The molecule has 1 saturated heterocycles. The highest BCUT2D eigenvalue weighted by molar-refractivity contribution is 6.30. The molecule has 0 unspecified atom stereocenters. The van der Waals surface area contributed by atoms with Crippen LogP contribution in [0.3, 0.4) is 0 Å². The van der Waals surface area contributed by atoms with E-state index in [9.17, 15) is 4.79 Å². The fourth-order valence-electron chi connectivity index (χ4n) is 2.00. The van der Waals surface area contributed by atoms with Crippen LogP contribution in [0.15, 0.2) is 24.3 Å². The summed E-state index contributed by atoms with van der Waals surface area (Å²) < 4.78 is 5.59. The lowest BCUT2D eigenvalue weighted by Crippen LogP contribution is -2.35. The second-order valence-electron chi connectivity index (χ2n) is 4.56. The van der Waals surface area contributed by atoms with Gasteiger partial charge in [-0.25, -0.2) is 0 Å². The number of halogens is 1. The molecule has 19 heavy (non-hydrogen) atoms. The van der Waals surface area contributed by atoms with E-state index in [4.69, 9.17) is 16.3 Å². The Morgan fingerprint density at radius 1 is 1.26 bits per heavy atom. The molecule has 0 bridgehead atoms. The monoisotopic (exact) mass is 282 g/mol. The van der Waals surface area contributed by atoms with E-state index in [-0.39, 0.29) is 5.91 Å². The Morgan fingerprint density at radius 3 is 2.84 bits per heavy atom. The van der Waals surface area contributed by atoms with E-state index in [0.29, 0.717) is 26.2 Å². The minimum atomic E-state index is 0.208. The molecule has 0 atom stereocenters. The lowest BCUT2D eigenvalue weighted by atomic mass is 10.2. The molecular formula is C14H19ClN2O2. The molecule has 1 N–H and O–H groups in total. The van der Waals surface area contributed by atoms with Crippen LogP contribution in [-0.4, -0.2) is 43.6 Å². The number of carbonyl (C=O) groups excluding carboxylic acids is 1. The normalized spacial score (nSPS) is 16.5. The summed E-state index contributed by atoms with van der Waals surface area (Å²) in [6.45, 7) is 4.19. The topological polar surface area (TPSA) is 41.6 Å². The van der Waals surface area contributed by atoms with Gasteiger partial charge in [0, 0.05) is 37.6 Å². The maximum absolute atomic E-state index is 11.7. The quantitative estimate of drug-likeness (QED) is 0.836. The minimum absolute atomic E-state index is 0.208. The van der Waals surface area contributed by atoms with E-state index in [1.807, 2.05) is 29.2 Å². The second kappa shape index (κ2) is 7.48. The largest absolute Gasteiger partial charge is 0.375 e. The third kappa shape index (κ3) is 4.82. The molecule has 1 aromatic rings. The van der Waals surface area contributed by atoms with Gasteiger partial charge < -0.3 is 15.0 Å². The fourth-order valence-corrected chi connectivity index (χ4v) is 2.13. The summed E-state index contributed by atoms with van der Waals surface area (Å²) in [7, 11) is 0. The number of benzene rings is 1. The summed E-state index contributed by atoms with van der Waals surface area (Å²) in [5, 5.41) is 3.94. The Hall–Kier alpha value is -1.10. The highest BCUT2D eigenvalue weighted by atomic mass is 35.5. The molecule has 104 valence electrons. The Kier molecular flexibility index (Phi) is 5.63. The molecule has 0 radical (unpaired) electrons. The van der Waals surface area contributed by atoms with Gasteiger partial charge in [0.25, 0.3) is 0 Å². The molecule has 1 aromatic carbocycles. The molecule has 1 fully saturated rings. The van der Waals surface area contributed by atoms with Crippen LogP contribution < -0.4 is 5.32 Å². The Balaban J connectivity index is 1.68. The Bertz CT molecular complexity index is 408. The number of hydrogen-bond donors (Lipinski definition) is 1. The molecular weight excluding hydrogens is 264 g/mol. The molecule has 0 spiro atoms. The minimum Gasteiger partial charge on any atom is -0.375 e. The molecule has 1 heterocycles. The van der Waals surface area contributed by atoms with Crippen LogP contribution in [0, 0.1) is 0 Å². The van der Waals surface area contributed by atoms with Gasteiger partial charge in [0.15, 0.2) is 0 Å². The zero-order valence-corrected chi connectivity index (χ0v) is 11.7. The van der Waals surface area contributed by atoms with Crippen molar-refractivity contribution in [1.82, 2.24) is 10.2 Å². The van der Waals surface area contributed by atoms with Crippen molar-refractivity contribution in [2.24, 2.45) is 0 Å². The standard InChI is InChI=1S/C14H19ClN2O2/c15-13-3-1-12(2-4-13)11-19-10-9-17-8-7-16-6-5-14(17)18/h1-4,16H,5-11H2. The predicted molar refractivity (Wildman–Crippen MR) is 75.2 cm³/mol. The van der Waals surface area contributed by atoms with Crippen molar-refractivity contribution in [2.45, 2.75) is 13.0 Å². The number of ether oxygens (including phenoxy) is 1. The van der Waals surface area contributed by atoms with Gasteiger partial charge in [-0.05, 0) is 17.7 Å². The van der Waals surface area contributed by atoms with Crippen LogP contribution in [0.25, 0.3) is 0 Å².